The van der Waals surface area contributed by atoms with Crippen molar-refractivity contribution in [3.63, 3.8) is 0 Å². The number of benzene rings is 1. The van der Waals surface area contributed by atoms with Gasteiger partial charge in [-0.15, -0.1) is 10.2 Å². The maximum absolute atomic E-state index is 12.9. The van der Waals surface area contributed by atoms with E-state index in [4.69, 9.17) is 0 Å². The van der Waals surface area contributed by atoms with Gasteiger partial charge in [0.05, 0.1) is 11.4 Å². The number of sulfonamides is 1. The van der Waals surface area contributed by atoms with Gasteiger partial charge in [-0.2, -0.15) is 0 Å². The minimum atomic E-state index is -3.63. The monoisotopic (exact) mass is 391 g/mol. The molecule has 0 atom stereocenters. The third-order valence-corrected chi connectivity index (χ3v) is 6.98. The normalized spacial score (nSPS) is 13.9. The topological polar surface area (TPSA) is 88.4 Å². The molecule has 9 heteroatoms. The summed E-state index contributed by atoms with van der Waals surface area (Å²) in [5.41, 5.74) is 1.76. The molecule has 1 aromatic heterocycles. The van der Waals surface area contributed by atoms with Crippen molar-refractivity contribution in [2.24, 2.45) is 0 Å². The molecule has 0 unspecified atom stereocenters. The lowest BCUT2D eigenvalue weighted by atomic mass is 10.1. The quantitative estimate of drug-likeness (QED) is 0.768. The molecule has 146 valence electrons. The molecular weight excluding hydrogens is 366 g/mol. The van der Waals surface area contributed by atoms with E-state index in [1.807, 2.05) is 11.5 Å². The van der Waals surface area contributed by atoms with Crippen molar-refractivity contribution in [3.05, 3.63) is 40.5 Å². The van der Waals surface area contributed by atoms with E-state index < -0.39 is 10.0 Å². The van der Waals surface area contributed by atoms with Crippen LogP contribution in [0, 0.1) is 13.8 Å². The molecule has 0 aliphatic carbocycles. The van der Waals surface area contributed by atoms with Gasteiger partial charge in [-0.3, -0.25) is 4.79 Å². The summed E-state index contributed by atoms with van der Waals surface area (Å²) in [6, 6.07) is 3.20. The van der Waals surface area contributed by atoms with Gasteiger partial charge >= 0.3 is 0 Å². The smallest absolute Gasteiger partial charge is 0.254 e. The highest BCUT2D eigenvalue weighted by Gasteiger charge is 2.25. The first kappa shape index (κ1) is 19.5. The van der Waals surface area contributed by atoms with Gasteiger partial charge in [0.2, 0.25) is 10.0 Å². The number of fused-ring (bicyclic) bond motifs is 1. The molecule has 0 spiro atoms. The van der Waals surface area contributed by atoms with Gasteiger partial charge in [0.15, 0.2) is 5.82 Å². The van der Waals surface area contributed by atoms with Gasteiger partial charge in [0, 0.05) is 39.7 Å². The lowest BCUT2D eigenvalue weighted by molar-refractivity contribution is 0.0779. The van der Waals surface area contributed by atoms with E-state index in [9.17, 15) is 13.2 Å². The summed E-state index contributed by atoms with van der Waals surface area (Å²) in [4.78, 5) is 14.7. The van der Waals surface area contributed by atoms with E-state index in [1.54, 1.807) is 24.9 Å². The highest BCUT2D eigenvalue weighted by atomic mass is 32.2. The Bertz CT molecular complexity index is 995. The van der Waals surface area contributed by atoms with E-state index in [1.165, 1.54) is 20.2 Å². The van der Waals surface area contributed by atoms with Crippen molar-refractivity contribution < 1.29 is 13.2 Å². The second-order valence-corrected chi connectivity index (χ2v) is 9.27. The standard InChI is InChI=1S/C18H25N5O3S/c1-12-9-14(10-15(13(12)2)27(25,26)21(3)4)18(24)22(5)11-17-20-19-16-7-6-8-23(16)17/h9-10H,6-8,11H2,1-5H3. The number of carbonyl (C=O) groups excluding carboxylic acids is 1. The predicted molar refractivity (Wildman–Crippen MR) is 101 cm³/mol. The number of hydrogen-bond acceptors (Lipinski definition) is 5. The first-order chi connectivity index (χ1) is 12.6. The van der Waals surface area contributed by atoms with Gasteiger partial charge in [-0.1, -0.05) is 0 Å². The number of nitrogens with zero attached hydrogens (tertiary/aromatic N) is 5. The third-order valence-electron chi connectivity index (χ3n) is 5.04. The average Bonchev–Trinajstić information content (AvgIpc) is 3.21. The van der Waals surface area contributed by atoms with Crippen LogP contribution >= 0.6 is 0 Å². The maximum atomic E-state index is 12.9. The molecule has 0 fully saturated rings. The molecule has 3 rings (SSSR count). The highest BCUT2D eigenvalue weighted by Crippen LogP contribution is 2.24. The van der Waals surface area contributed by atoms with Crippen molar-refractivity contribution in [2.75, 3.05) is 21.1 Å². The molecule has 1 aromatic carbocycles. The Morgan fingerprint density at radius 1 is 1.19 bits per heavy atom. The summed E-state index contributed by atoms with van der Waals surface area (Å²) in [7, 11) is 1.02. The summed E-state index contributed by atoms with van der Waals surface area (Å²) >= 11 is 0. The molecule has 0 bridgehead atoms. The van der Waals surface area contributed by atoms with Crippen LogP contribution in [0.4, 0.5) is 0 Å². The molecule has 0 N–H and O–H groups in total. The van der Waals surface area contributed by atoms with E-state index in [2.05, 4.69) is 10.2 Å². The van der Waals surface area contributed by atoms with E-state index >= 15 is 0 Å². The summed E-state index contributed by atoms with van der Waals surface area (Å²) in [6.45, 7) is 4.76. The van der Waals surface area contributed by atoms with Crippen LogP contribution in [-0.4, -0.2) is 59.4 Å². The van der Waals surface area contributed by atoms with Crippen LogP contribution in [0.25, 0.3) is 0 Å². The van der Waals surface area contributed by atoms with Crippen molar-refractivity contribution >= 4 is 15.9 Å². The Hall–Kier alpha value is -2.26. The zero-order valence-electron chi connectivity index (χ0n) is 16.4. The summed E-state index contributed by atoms with van der Waals surface area (Å²) in [5, 5.41) is 8.35. The predicted octanol–water partition coefficient (Wildman–Crippen LogP) is 1.36. The summed E-state index contributed by atoms with van der Waals surface area (Å²) in [5.74, 6) is 1.46. The molecule has 0 saturated heterocycles. The first-order valence-corrected chi connectivity index (χ1v) is 10.3. The van der Waals surface area contributed by atoms with Gasteiger partial charge < -0.3 is 9.47 Å². The van der Waals surface area contributed by atoms with E-state index in [0.717, 1.165) is 40.9 Å². The SMILES string of the molecule is Cc1cc(C(=O)N(C)Cc2nnc3n2CCC3)cc(S(=O)(=O)N(C)C)c1C. The Morgan fingerprint density at radius 2 is 1.89 bits per heavy atom. The molecule has 1 aliphatic rings. The Kier molecular flexibility index (Phi) is 5.09. The Morgan fingerprint density at radius 3 is 2.56 bits per heavy atom. The Balaban J connectivity index is 1.91. The summed E-state index contributed by atoms with van der Waals surface area (Å²) in [6.07, 6.45) is 1.95. The third kappa shape index (κ3) is 3.49. The number of aromatic nitrogens is 3. The number of hydrogen-bond donors (Lipinski definition) is 0. The van der Waals surface area contributed by atoms with Crippen molar-refractivity contribution in [1.29, 1.82) is 0 Å². The zero-order valence-corrected chi connectivity index (χ0v) is 17.2. The van der Waals surface area contributed by atoms with Crippen LogP contribution < -0.4 is 0 Å². The fourth-order valence-electron chi connectivity index (χ4n) is 3.25. The van der Waals surface area contributed by atoms with Crippen LogP contribution in [0.3, 0.4) is 0 Å². The van der Waals surface area contributed by atoms with Crippen molar-refractivity contribution in [2.45, 2.75) is 44.7 Å². The van der Waals surface area contributed by atoms with Crippen LogP contribution in [0.5, 0.6) is 0 Å². The van der Waals surface area contributed by atoms with Crippen LogP contribution in [0.1, 0.15) is 39.6 Å². The van der Waals surface area contributed by atoms with Crippen LogP contribution in [0.2, 0.25) is 0 Å². The van der Waals surface area contributed by atoms with E-state index in [-0.39, 0.29) is 10.8 Å². The molecule has 2 heterocycles. The lowest BCUT2D eigenvalue weighted by Gasteiger charge is -2.20. The van der Waals surface area contributed by atoms with Crippen LogP contribution in [0.15, 0.2) is 17.0 Å². The van der Waals surface area contributed by atoms with Gasteiger partial charge in [0.25, 0.3) is 5.91 Å². The number of rotatable bonds is 5. The minimum absolute atomic E-state index is 0.160. The average molecular weight is 391 g/mol. The molecule has 2 aromatic rings. The van der Waals surface area contributed by atoms with Gasteiger partial charge in [0.1, 0.15) is 5.82 Å². The number of aryl methyl sites for hydroxylation is 2. The summed E-state index contributed by atoms with van der Waals surface area (Å²) < 4.78 is 28.4. The molecular formula is C18H25N5O3S. The zero-order chi connectivity index (χ0) is 19.9. The maximum Gasteiger partial charge on any atom is 0.254 e. The number of carbonyl (C=O) groups is 1. The van der Waals surface area contributed by atoms with Crippen LogP contribution in [-0.2, 0) is 29.5 Å². The molecule has 0 saturated carbocycles. The fraction of sp³-hybridized carbons (Fsp3) is 0.500. The molecule has 1 amide bonds. The van der Waals surface area contributed by atoms with Gasteiger partial charge in [-0.05, 0) is 43.5 Å². The highest BCUT2D eigenvalue weighted by molar-refractivity contribution is 7.89. The lowest BCUT2D eigenvalue weighted by Crippen LogP contribution is -2.29. The van der Waals surface area contributed by atoms with Gasteiger partial charge in [-0.25, -0.2) is 12.7 Å². The second kappa shape index (κ2) is 7.05. The largest absolute Gasteiger partial charge is 0.334 e. The first-order valence-electron chi connectivity index (χ1n) is 8.83. The van der Waals surface area contributed by atoms with Crippen molar-refractivity contribution in [1.82, 2.24) is 24.0 Å². The molecule has 8 nitrogen and oxygen atoms in total. The molecule has 1 aliphatic heterocycles. The van der Waals surface area contributed by atoms with Crippen molar-refractivity contribution in [3.8, 4) is 0 Å². The Labute approximate surface area is 159 Å². The fourth-order valence-corrected chi connectivity index (χ4v) is 4.46. The second-order valence-electron chi connectivity index (χ2n) is 7.15. The minimum Gasteiger partial charge on any atom is -0.334 e. The molecule has 27 heavy (non-hydrogen) atoms. The van der Waals surface area contributed by atoms with E-state index in [0.29, 0.717) is 17.7 Å². The number of amides is 1. The molecule has 0 radical (unpaired) electrons.